The highest BCUT2D eigenvalue weighted by molar-refractivity contribution is 6.30. The van der Waals surface area contributed by atoms with E-state index in [4.69, 9.17) is 11.6 Å². The van der Waals surface area contributed by atoms with E-state index >= 15 is 0 Å². The van der Waals surface area contributed by atoms with Crippen molar-refractivity contribution in [1.29, 1.82) is 0 Å². The van der Waals surface area contributed by atoms with Gasteiger partial charge in [0.05, 0.1) is 11.0 Å². The van der Waals surface area contributed by atoms with Gasteiger partial charge in [0, 0.05) is 49.9 Å². The largest absolute Gasteiger partial charge is 0.336 e. The molecule has 0 atom stereocenters. The average molecular weight is 427 g/mol. The van der Waals surface area contributed by atoms with E-state index in [0.29, 0.717) is 36.2 Å². The van der Waals surface area contributed by atoms with Crippen LogP contribution in [0.25, 0.3) is 11.0 Å². The van der Waals surface area contributed by atoms with Crippen molar-refractivity contribution in [3.8, 4) is 0 Å². The summed E-state index contributed by atoms with van der Waals surface area (Å²) in [6, 6.07) is 12.9. The van der Waals surface area contributed by atoms with E-state index in [1.54, 1.807) is 18.2 Å². The number of aromatic nitrogens is 2. The molecule has 1 N–H and O–H groups in total. The molecule has 0 saturated carbocycles. The van der Waals surface area contributed by atoms with Gasteiger partial charge in [-0.15, -0.1) is 0 Å². The molecule has 2 aromatic carbocycles. The molecule has 1 amide bonds. The molecule has 156 valence electrons. The second-order valence-electron chi connectivity index (χ2n) is 7.43. The van der Waals surface area contributed by atoms with Crippen LogP contribution in [0.3, 0.4) is 0 Å². The molecule has 0 aliphatic carbocycles. The maximum Gasteiger partial charge on any atom is 0.316 e. The molecule has 0 unspecified atom stereocenters. The van der Waals surface area contributed by atoms with Crippen LogP contribution in [0.1, 0.15) is 22.8 Å². The van der Waals surface area contributed by atoms with Crippen molar-refractivity contribution in [1.82, 2.24) is 19.4 Å². The molecule has 30 heavy (non-hydrogen) atoms. The number of fused-ring (bicyclic) bond motifs is 1. The van der Waals surface area contributed by atoms with Gasteiger partial charge >= 0.3 is 11.1 Å². The molecule has 1 aliphatic rings. The molecule has 1 aromatic heterocycles. The molecule has 1 saturated heterocycles. The van der Waals surface area contributed by atoms with Crippen LogP contribution in [-0.4, -0.2) is 51.4 Å². The number of nitrogens with one attached hydrogen (secondary N) is 1. The van der Waals surface area contributed by atoms with Gasteiger partial charge in [0.25, 0.3) is 5.91 Å². The third-order valence-corrected chi connectivity index (χ3v) is 5.77. The predicted octanol–water partition coefficient (Wildman–Crippen LogP) is 2.32. The number of hydrogen-bond acceptors (Lipinski definition) is 4. The summed E-state index contributed by atoms with van der Waals surface area (Å²) in [6.45, 7) is 5.86. The maximum absolute atomic E-state index is 13.0. The highest BCUT2D eigenvalue weighted by Crippen LogP contribution is 2.16. The fourth-order valence-corrected chi connectivity index (χ4v) is 3.99. The number of hydrogen-bond donors (Lipinski definition) is 1. The summed E-state index contributed by atoms with van der Waals surface area (Å²) in [5.74, 6) is -0.0712. The molecule has 2 heterocycles. The monoisotopic (exact) mass is 426 g/mol. The molecule has 4 rings (SSSR count). The van der Waals surface area contributed by atoms with Gasteiger partial charge in [-0.1, -0.05) is 23.7 Å². The molecular formula is C22H23ClN4O3. The number of amides is 1. The summed E-state index contributed by atoms with van der Waals surface area (Å²) >= 11 is 5.94. The van der Waals surface area contributed by atoms with Gasteiger partial charge < -0.3 is 14.5 Å². The van der Waals surface area contributed by atoms with Gasteiger partial charge in [0.1, 0.15) is 0 Å². The Morgan fingerprint density at radius 3 is 2.40 bits per heavy atom. The number of carbonyl (C=O) groups excluding carboxylic acids is 1. The number of halogens is 1. The van der Waals surface area contributed by atoms with Crippen LogP contribution in [0.4, 0.5) is 0 Å². The van der Waals surface area contributed by atoms with Crippen molar-refractivity contribution in [2.75, 3.05) is 26.2 Å². The molecule has 0 spiro atoms. The molecule has 3 aromatic rings. The number of benzene rings is 2. The summed E-state index contributed by atoms with van der Waals surface area (Å²) in [4.78, 5) is 43.6. The molecular weight excluding hydrogens is 404 g/mol. The van der Waals surface area contributed by atoms with Crippen molar-refractivity contribution in [2.24, 2.45) is 0 Å². The first-order valence-corrected chi connectivity index (χ1v) is 10.4. The summed E-state index contributed by atoms with van der Waals surface area (Å²) in [6.07, 6.45) is 0. The van der Waals surface area contributed by atoms with Crippen molar-refractivity contribution >= 4 is 28.5 Å². The topological polar surface area (TPSA) is 78.4 Å². The van der Waals surface area contributed by atoms with E-state index in [-0.39, 0.29) is 5.91 Å². The summed E-state index contributed by atoms with van der Waals surface area (Å²) in [7, 11) is 0. The Kier molecular flexibility index (Phi) is 5.74. The zero-order chi connectivity index (χ0) is 21.3. The highest BCUT2D eigenvalue weighted by Gasteiger charge is 2.22. The molecule has 1 aliphatic heterocycles. The Hall–Kier alpha value is -2.90. The number of piperazine rings is 1. The number of nitrogens with zero attached hydrogens (tertiary/aromatic N) is 3. The second kappa shape index (κ2) is 8.45. The van der Waals surface area contributed by atoms with E-state index in [9.17, 15) is 14.4 Å². The first-order valence-electron chi connectivity index (χ1n) is 9.99. The van der Waals surface area contributed by atoms with Crippen LogP contribution in [0, 0.1) is 0 Å². The Labute approximate surface area is 178 Å². The standard InChI is InChI=1S/C22H23ClN4O3/c1-2-27-19-8-5-16(13-18(19)24-20(28)22(27)30)21(29)26-11-9-25(10-12-26)14-15-3-6-17(23)7-4-15/h3-8,13H,2,9-12,14H2,1H3,(H,24,28). The highest BCUT2D eigenvalue weighted by atomic mass is 35.5. The Bertz CT molecular complexity index is 1190. The van der Waals surface area contributed by atoms with Crippen LogP contribution in [0.5, 0.6) is 0 Å². The van der Waals surface area contributed by atoms with Gasteiger partial charge in [-0.2, -0.15) is 0 Å². The molecule has 7 nitrogen and oxygen atoms in total. The van der Waals surface area contributed by atoms with Gasteiger partial charge in [-0.25, -0.2) is 0 Å². The zero-order valence-electron chi connectivity index (χ0n) is 16.7. The molecule has 0 radical (unpaired) electrons. The maximum atomic E-state index is 13.0. The lowest BCUT2D eigenvalue weighted by Crippen LogP contribution is -2.48. The third-order valence-electron chi connectivity index (χ3n) is 5.52. The Morgan fingerprint density at radius 1 is 1.03 bits per heavy atom. The minimum absolute atomic E-state index is 0.0712. The molecule has 8 heteroatoms. The quantitative estimate of drug-likeness (QED) is 0.649. The minimum Gasteiger partial charge on any atom is -0.336 e. The third kappa shape index (κ3) is 4.04. The number of carbonyl (C=O) groups is 1. The van der Waals surface area contributed by atoms with Crippen molar-refractivity contribution in [2.45, 2.75) is 20.0 Å². The summed E-state index contributed by atoms with van der Waals surface area (Å²) < 4.78 is 1.41. The van der Waals surface area contributed by atoms with Crippen LogP contribution >= 0.6 is 11.6 Å². The van der Waals surface area contributed by atoms with Crippen molar-refractivity contribution in [3.63, 3.8) is 0 Å². The first-order chi connectivity index (χ1) is 14.5. The van der Waals surface area contributed by atoms with Gasteiger partial charge in [0.15, 0.2) is 0 Å². The van der Waals surface area contributed by atoms with Gasteiger partial charge in [0.2, 0.25) is 0 Å². The van der Waals surface area contributed by atoms with E-state index in [0.717, 1.165) is 24.7 Å². The lowest BCUT2D eigenvalue weighted by molar-refractivity contribution is 0.0628. The number of aryl methyl sites for hydroxylation is 1. The van der Waals surface area contributed by atoms with E-state index in [2.05, 4.69) is 9.88 Å². The summed E-state index contributed by atoms with van der Waals surface area (Å²) in [5.41, 5.74) is 1.55. The van der Waals surface area contributed by atoms with E-state index < -0.39 is 11.1 Å². The lowest BCUT2D eigenvalue weighted by atomic mass is 10.1. The lowest BCUT2D eigenvalue weighted by Gasteiger charge is -2.34. The SMILES string of the molecule is CCn1c(=O)c(=O)[nH]c2cc(C(=O)N3CCN(Cc4ccc(Cl)cc4)CC3)ccc21. The van der Waals surface area contributed by atoms with Crippen molar-refractivity contribution in [3.05, 3.63) is 79.3 Å². The average Bonchev–Trinajstić information content (AvgIpc) is 2.76. The summed E-state index contributed by atoms with van der Waals surface area (Å²) in [5, 5.41) is 0.724. The molecule has 0 bridgehead atoms. The number of aromatic amines is 1. The number of rotatable bonds is 4. The fourth-order valence-electron chi connectivity index (χ4n) is 3.87. The van der Waals surface area contributed by atoms with Crippen LogP contribution in [0.15, 0.2) is 52.1 Å². The smallest absolute Gasteiger partial charge is 0.316 e. The van der Waals surface area contributed by atoms with Crippen LogP contribution < -0.4 is 11.1 Å². The van der Waals surface area contributed by atoms with Crippen molar-refractivity contribution < 1.29 is 4.79 Å². The zero-order valence-corrected chi connectivity index (χ0v) is 17.5. The van der Waals surface area contributed by atoms with E-state index in [1.807, 2.05) is 36.1 Å². The predicted molar refractivity (Wildman–Crippen MR) is 117 cm³/mol. The van der Waals surface area contributed by atoms with Crippen LogP contribution in [0.2, 0.25) is 5.02 Å². The van der Waals surface area contributed by atoms with E-state index in [1.165, 1.54) is 10.1 Å². The Morgan fingerprint density at radius 2 is 1.73 bits per heavy atom. The second-order valence-corrected chi connectivity index (χ2v) is 7.87. The normalized spacial score (nSPS) is 14.9. The van der Waals surface area contributed by atoms with Crippen LogP contribution in [-0.2, 0) is 13.1 Å². The molecule has 1 fully saturated rings. The minimum atomic E-state index is -0.676. The number of H-pyrrole nitrogens is 1. The van der Waals surface area contributed by atoms with Gasteiger partial charge in [-0.05, 0) is 42.8 Å². The van der Waals surface area contributed by atoms with Gasteiger partial charge in [-0.3, -0.25) is 19.3 Å². The first kappa shape index (κ1) is 20.4. The fraction of sp³-hybridized carbons (Fsp3) is 0.318. The Balaban J connectivity index is 1.47.